The summed E-state index contributed by atoms with van der Waals surface area (Å²) in [6.45, 7) is 10.4. The number of carbonyl (C=O) groups excluding carboxylic acids is 2. The fraction of sp³-hybridized carbons (Fsp3) is 0.529. The molecule has 20 heavy (non-hydrogen) atoms. The van der Waals surface area contributed by atoms with Crippen LogP contribution in [-0.2, 0) is 6.54 Å². The fourth-order valence-electron chi connectivity index (χ4n) is 1.97. The van der Waals surface area contributed by atoms with Gasteiger partial charge in [0.15, 0.2) is 11.6 Å². The standard InChI is InChI=1S/C17H25NO2/c1-6-16(19)15-9-13(10-18-12(4)5)7-8-14(15)17(20)11(2)3/h7-9,11-12,18H,6,10H2,1-5H3. The Morgan fingerprint density at radius 1 is 1.10 bits per heavy atom. The summed E-state index contributed by atoms with van der Waals surface area (Å²) < 4.78 is 0. The fourth-order valence-corrected chi connectivity index (χ4v) is 1.97. The van der Waals surface area contributed by atoms with Gasteiger partial charge in [0.1, 0.15) is 0 Å². The van der Waals surface area contributed by atoms with Gasteiger partial charge in [0.2, 0.25) is 0 Å². The molecule has 0 heterocycles. The third kappa shape index (κ3) is 4.27. The number of ketones is 2. The molecule has 0 saturated carbocycles. The molecule has 0 saturated heterocycles. The van der Waals surface area contributed by atoms with E-state index in [0.29, 0.717) is 30.1 Å². The second-order valence-corrected chi connectivity index (χ2v) is 5.71. The van der Waals surface area contributed by atoms with Gasteiger partial charge in [-0.1, -0.05) is 46.8 Å². The predicted molar refractivity (Wildman–Crippen MR) is 82.2 cm³/mol. The maximum absolute atomic E-state index is 12.2. The average Bonchev–Trinajstić information content (AvgIpc) is 2.42. The molecular formula is C17H25NO2. The Balaban J connectivity index is 3.13. The Hall–Kier alpha value is -1.48. The lowest BCUT2D eigenvalue weighted by atomic mass is 9.92. The van der Waals surface area contributed by atoms with Gasteiger partial charge in [-0.05, 0) is 11.6 Å². The van der Waals surface area contributed by atoms with Gasteiger partial charge in [-0.3, -0.25) is 9.59 Å². The molecule has 0 unspecified atom stereocenters. The van der Waals surface area contributed by atoms with Gasteiger partial charge < -0.3 is 5.32 Å². The van der Waals surface area contributed by atoms with Crippen LogP contribution in [0.1, 0.15) is 67.3 Å². The average molecular weight is 275 g/mol. The van der Waals surface area contributed by atoms with Gasteiger partial charge in [-0.2, -0.15) is 0 Å². The van der Waals surface area contributed by atoms with Crippen LogP contribution in [0.15, 0.2) is 18.2 Å². The van der Waals surface area contributed by atoms with Crippen molar-refractivity contribution in [2.24, 2.45) is 5.92 Å². The molecule has 1 aromatic carbocycles. The Bertz CT molecular complexity index is 490. The van der Waals surface area contributed by atoms with Crippen molar-refractivity contribution in [3.8, 4) is 0 Å². The maximum Gasteiger partial charge on any atom is 0.166 e. The Morgan fingerprint density at radius 2 is 1.75 bits per heavy atom. The molecular weight excluding hydrogens is 250 g/mol. The van der Waals surface area contributed by atoms with Crippen LogP contribution in [-0.4, -0.2) is 17.6 Å². The summed E-state index contributed by atoms with van der Waals surface area (Å²) in [4.78, 5) is 24.3. The lowest BCUT2D eigenvalue weighted by Gasteiger charge is -2.13. The molecule has 0 radical (unpaired) electrons. The number of hydrogen-bond donors (Lipinski definition) is 1. The third-order valence-electron chi connectivity index (χ3n) is 3.21. The van der Waals surface area contributed by atoms with Crippen LogP contribution in [0.4, 0.5) is 0 Å². The van der Waals surface area contributed by atoms with E-state index in [4.69, 9.17) is 0 Å². The first-order chi connectivity index (χ1) is 9.36. The van der Waals surface area contributed by atoms with E-state index >= 15 is 0 Å². The Kier molecular flexibility index (Phi) is 6.08. The number of rotatable bonds is 7. The molecule has 3 heteroatoms. The zero-order valence-corrected chi connectivity index (χ0v) is 13.1. The van der Waals surface area contributed by atoms with Crippen LogP contribution in [0, 0.1) is 5.92 Å². The highest BCUT2D eigenvalue weighted by Crippen LogP contribution is 2.18. The monoisotopic (exact) mass is 275 g/mol. The van der Waals surface area contributed by atoms with Gasteiger partial charge in [0, 0.05) is 36.1 Å². The number of Topliss-reactive ketones (excluding diaryl/α,β-unsaturated/α-hetero) is 2. The van der Waals surface area contributed by atoms with E-state index in [2.05, 4.69) is 19.2 Å². The van der Waals surface area contributed by atoms with Crippen LogP contribution in [0.25, 0.3) is 0 Å². The highest BCUT2D eigenvalue weighted by molar-refractivity contribution is 6.09. The molecule has 0 spiro atoms. The van der Waals surface area contributed by atoms with Crippen molar-refractivity contribution >= 4 is 11.6 Å². The molecule has 1 N–H and O–H groups in total. The molecule has 1 rings (SSSR count). The van der Waals surface area contributed by atoms with Gasteiger partial charge in [0.25, 0.3) is 0 Å². The smallest absolute Gasteiger partial charge is 0.166 e. The highest BCUT2D eigenvalue weighted by Gasteiger charge is 2.18. The summed E-state index contributed by atoms with van der Waals surface area (Å²) in [6, 6.07) is 5.97. The lowest BCUT2D eigenvalue weighted by molar-refractivity contribution is 0.0922. The van der Waals surface area contributed by atoms with Crippen LogP contribution in [0.3, 0.4) is 0 Å². The summed E-state index contributed by atoms with van der Waals surface area (Å²) in [5, 5.41) is 3.32. The summed E-state index contributed by atoms with van der Waals surface area (Å²) in [5.41, 5.74) is 2.16. The van der Waals surface area contributed by atoms with Crippen LogP contribution < -0.4 is 5.32 Å². The zero-order valence-electron chi connectivity index (χ0n) is 13.1. The summed E-state index contributed by atoms with van der Waals surface area (Å²) >= 11 is 0. The molecule has 0 amide bonds. The minimum Gasteiger partial charge on any atom is -0.310 e. The molecule has 0 fully saturated rings. The molecule has 0 aliphatic rings. The first-order valence-electron chi connectivity index (χ1n) is 7.30. The van der Waals surface area contributed by atoms with Gasteiger partial charge in [-0.15, -0.1) is 0 Å². The van der Waals surface area contributed by atoms with Crippen molar-refractivity contribution in [2.45, 2.75) is 53.6 Å². The number of benzene rings is 1. The van der Waals surface area contributed by atoms with E-state index in [0.717, 1.165) is 5.56 Å². The molecule has 0 atom stereocenters. The molecule has 3 nitrogen and oxygen atoms in total. The van der Waals surface area contributed by atoms with E-state index in [9.17, 15) is 9.59 Å². The number of hydrogen-bond acceptors (Lipinski definition) is 3. The molecule has 0 aliphatic carbocycles. The van der Waals surface area contributed by atoms with Crippen LogP contribution in [0.5, 0.6) is 0 Å². The van der Waals surface area contributed by atoms with E-state index in [1.807, 2.05) is 32.9 Å². The molecule has 110 valence electrons. The minimum absolute atomic E-state index is 0.0281. The topological polar surface area (TPSA) is 46.2 Å². The van der Waals surface area contributed by atoms with Crippen molar-refractivity contribution in [1.82, 2.24) is 5.32 Å². The highest BCUT2D eigenvalue weighted by atomic mass is 16.1. The van der Waals surface area contributed by atoms with Crippen molar-refractivity contribution in [2.75, 3.05) is 0 Å². The molecule has 1 aromatic rings. The first kappa shape index (κ1) is 16.6. The molecule has 0 bridgehead atoms. The Labute approximate surface area is 121 Å². The Morgan fingerprint density at radius 3 is 2.25 bits per heavy atom. The van der Waals surface area contributed by atoms with E-state index in [1.54, 1.807) is 6.07 Å². The summed E-state index contributed by atoms with van der Waals surface area (Å²) in [7, 11) is 0. The van der Waals surface area contributed by atoms with E-state index in [1.165, 1.54) is 0 Å². The largest absolute Gasteiger partial charge is 0.310 e. The first-order valence-corrected chi connectivity index (χ1v) is 7.30. The summed E-state index contributed by atoms with van der Waals surface area (Å²) in [5.74, 6) is -0.0383. The third-order valence-corrected chi connectivity index (χ3v) is 3.21. The second-order valence-electron chi connectivity index (χ2n) is 5.71. The van der Waals surface area contributed by atoms with E-state index < -0.39 is 0 Å². The number of carbonyl (C=O) groups is 2. The van der Waals surface area contributed by atoms with Crippen molar-refractivity contribution in [1.29, 1.82) is 0 Å². The maximum atomic E-state index is 12.2. The normalized spacial score (nSPS) is 11.2. The summed E-state index contributed by atoms with van der Waals surface area (Å²) in [6.07, 6.45) is 0.416. The quantitative estimate of drug-likeness (QED) is 0.773. The van der Waals surface area contributed by atoms with Crippen LogP contribution >= 0.6 is 0 Å². The van der Waals surface area contributed by atoms with Crippen molar-refractivity contribution in [3.63, 3.8) is 0 Å². The van der Waals surface area contributed by atoms with Crippen molar-refractivity contribution in [3.05, 3.63) is 34.9 Å². The van der Waals surface area contributed by atoms with Crippen molar-refractivity contribution < 1.29 is 9.59 Å². The predicted octanol–water partition coefficient (Wildman–Crippen LogP) is 3.62. The van der Waals surface area contributed by atoms with E-state index in [-0.39, 0.29) is 17.5 Å². The lowest BCUT2D eigenvalue weighted by Crippen LogP contribution is -2.22. The van der Waals surface area contributed by atoms with Gasteiger partial charge in [0.05, 0.1) is 0 Å². The van der Waals surface area contributed by atoms with Gasteiger partial charge in [-0.25, -0.2) is 0 Å². The zero-order chi connectivity index (χ0) is 15.3. The second kappa shape index (κ2) is 7.34. The number of nitrogens with one attached hydrogen (secondary N) is 1. The minimum atomic E-state index is -0.0990. The molecule has 0 aliphatic heterocycles. The van der Waals surface area contributed by atoms with Crippen LogP contribution in [0.2, 0.25) is 0 Å². The molecule has 0 aromatic heterocycles. The SMILES string of the molecule is CCC(=O)c1cc(CNC(C)C)ccc1C(=O)C(C)C. The van der Waals surface area contributed by atoms with Gasteiger partial charge >= 0.3 is 0 Å².